The highest BCUT2D eigenvalue weighted by molar-refractivity contribution is 5.82. The molecule has 4 rings (SSSR count). The lowest BCUT2D eigenvalue weighted by Crippen LogP contribution is -2.61. The molecule has 11 nitrogen and oxygen atoms in total. The molecule has 0 aliphatic carbocycles. The largest absolute Gasteiger partial charge is 0.394 e. The van der Waals surface area contributed by atoms with Gasteiger partial charge in [0.25, 0.3) is 0 Å². The first-order valence-electron chi connectivity index (χ1n) is 10.1. The second-order valence-corrected chi connectivity index (χ2v) is 9.46. The van der Waals surface area contributed by atoms with Crippen LogP contribution in [0.4, 0.5) is 5.82 Å². The van der Waals surface area contributed by atoms with Crippen LogP contribution in [-0.2, 0) is 4.74 Å². The van der Waals surface area contributed by atoms with Gasteiger partial charge in [-0.1, -0.05) is 0 Å². The van der Waals surface area contributed by atoms with Crippen molar-refractivity contribution in [1.82, 2.24) is 24.6 Å². The van der Waals surface area contributed by atoms with Crippen molar-refractivity contribution in [3.8, 4) is 0 Å². The van der Waals surface area contributed by atoms with Crippen molar-refractivity contribution < 1.29 is 25.3 Å². The number of hydrogen-bond donors (Lipinski definition) is 5. The van der Waals surface area contributed by atoms with Gasteiger partial charge in [-0.2, -0.15) is 5.06 Å². The van der Waals surface area contributed by atoms with E-state index in [0.717, 1.165) is 0 Å². The normalized spacial score (nSPS) is 32.0. The number of nitrogens with zero attached hydrogens (tertiary/aromatic N) is 5. The number of ether oxygens (including phenoxy) is 1. The minimum atomic E-state index is -1.22. The molecule has 2 fully saturated rings. The van der Waals surface area contributed by atoms with E-state index in [1.54, 1.807) is 0 Å². The van der Waals surface area contributed by atoms with Gasteiger partial charge in [-0.05, 0) is 40.5 Å². The van der Waals surface area contributed by atoms with Crippen LogP contribution in [0.5, 0.6) is 0 Å². The van der Waals surface area contributed by atoms with E-state index < -0.39 is 42.2 Å². The summed E-state index contributed by atoms with van der Waals surface area (Å²) in [7, 11) is 0. The fourth-order valence-corrected chi connectivity index (χ4v) is 4.82. The molecule has 0 radical (unpaired) electrons. The number of imidazole rings is 1. The zero-order chi connectivity index (χ0) is 21.8. The van der Waals surface area contributed by atoms with Gasteiger partial charge in [0.1, 0.15) is 24.6 Å². The Hall–Kier alpha value is -1.89. The summed E-state index contributed by atoms with van der Waals surface area (Å²) in [6.45, 7) is 7.57. The van der Waals surface area contributed by atoms with Gasteiger partial charge in [-0.3, -0.25) is 4.57 Å². The molecule has 0 amide bonds. The second-order valence-electron chi connectivity index (χ2n) is 9.46. The van der Waals surface area contributed by atoms with Gasteiger partial charge < -0.3 is 30.6 Å². The molecule has 2 aromatic rings. The van der Waals surface area contributed by atoms with Gasteiger partial charge in [0.05, 0.1) is 12.9 Å². The third-order valence-electron chi connectivity index (χ3n) is 6.13. The van der Waals surface area contributed by atoms with Gasteiger partial charge in [0.15, 0.2) is 23.2 Å². The molecule has 0 aromatic carbocycles. The predicted octanol–water partition coefficient (Wildman–Crippen LogP) is 0.260. The van der Waals surface area contributed by atoms with Crippen molar-refractivity contribution in [2.75, 3.05) is 11.9 Å². The lowest BCUT2D eigenvalue weighted by atomic mass is 9.79. The average molecular weight is 422 g/mol. The highest BCUT2D eigenvalue weighted by Gasteiger charge is 2.46. The monoisotopic (exact) mass is 422 g/mol. The zero-order valence-electron chi connectivity index (χ0n) is 17.6. The molecule has 0 spiro atoms. The Labute approximate surface area is 174 Å². The second kappa shape index (κ2) is 7.36. The Morgan fingerprint density at radius 1 is 1.10 bits per heavy atom. The molecule has 0 bridgehead atoms. The number of fused-ring (bicyclic) bond motifs is 1. The highest BCUT2D eigenvalue weighted by atomic mass is 16.6. The van der Waals surface area contributed by atoms with Gasteiger partial charge >= 0.3 is 0 Å². The summed E-state index contributed by atoms with van der Waals surface area (Å²) >= 11 is 0. The lowest BCUT2D eigenvalue weighted by Gasteiger charge is -2.51. The van der Waals surface area contributed by atoms with Crippen LogP contribution in [0.3, 0.4) is 0 Å². The molecule has 4 heterocycles. The number of aromatic nitrogens is 4. The Bertz CT molecular complexity index is 900. The van der Waals surface area contributed by atoms with Crippen LogP contribution in [0.2, 0.25) is 0 Å². The molecule has 166 valence electrons. The SMILES string of the molecule is CC1(C)CC(Nc2ncnc3c2ncn3[C@@H]2O[C@@H](CO)[C@@H](O)[C@H]2O)CC(C)(C)N1O. The fraction of sp³-hybridized carbons (Fsp3) is 0.737. The van der Waals surface area contributed by atoms with Crippen LogP contribution < -0.4 is 5.32 Å². The van der Waals surface area contributed by atoms with Crippen molar-refractivity contribution in [3.63, 3.8) is 0 Å². The Kier molecular flexibility index (Phi) is 5.24. The molecule has 5 N–H and O–H groups in total. The van der Waals surface area contributed by atoms with Crippen molar-refractivity contribution in [1.29, 1.82) is 0 Å². The van der Waals surface area contributed by atoms with E-state index in [4.69, 9.17) is 4.74 Å². The first kappa shape index (κ1) is 21.3. The maximum absolute atomic E-state index is 10.5. The Balaban J connectivity index is 1.62. The van der Waals surface area contributed by atoms with E-state index in [0.29, 0.717) is 29.8 Å². The van der Waals surface area contributed by atoms with Gasteiger partial charge in [-0.25, -0.2) is 15.0 Å². The van der Waals surface area contributed by atoms with Crippen LogP contribution >= 0.6 is 0 Å². The van der Waals surface area contributed by atoms with E-state index in [1.165, 1.54) is 22.3 Å². The summed E-state index contributed by atoms with van der Waals surface area (Å²) in [6, 6.07) is 0.0514. The molecule has 2 saturated heterocycles. The quantitative estimate of drug-likeness (QED) is 0.464. The molecule has 30 heavy (non-hydrogen) atoms. The molecular weight excluding hydrogens is 392 g/mol. The lowest BCUT2D eigenvalue weighted by molar-refractivity contribution is -0.243. The summed E-state index contributed by atoms with van der Waals surface area (Å²) < 4.78 is 7.14. The summed E-state index contributed by atoms with van der Waals surface area (Å²) in [4.78, 5) is 13.0. The van der Waals surface area contributed by atoms with E-state index in [1.807, 2.05) is 27.7 Å². The van der Waals surface area contributed by atoms with Crippen LogP contribution in [0, 0.1) is 0 Å². The van der Waals surface area contributed by atoms with Crippen LogP contribution in [0.15, 0.2) is 12.7 Å². The number of anilines is 1. The Morgan fingerprint density at radius 2 is 1.77 bits per heavy atom. The number of aliphatic hydroxyl groups excluding tert-OH is 3. The minimum absolute atomic E-state index is 0.0514. The van der Waals surface area contributed by atoms with E-state index >= 15 is 0 Å². The number of nitrogens with one attached hydrogen (secondary N) is 1. The molecule has 2 aromatic heterocycles. The molecule has 0 unspecified atom stereocenters. The predicted molar refractivity (Wildman–Crippen MR) is 107 cm³/mol. The van der Waals surface area contributed by atoms with E-state index in [9.17, 15) is 20.5 Å². The standard InChI is InChI=1S/C19H30N6O5/c1-18(2)5-10(6-19(3,4)25(18)29)23-15-12-16(21-8-20-15)24(9-22-12)17-14(28)13(27)11(7-26)30-17/h8-11,13-14,17,26-29H,5-7H2,1-4H3,(H,20,21,23)/t11-,13+,14+,17+/m0/s1. The highest BCUT2D eigenvalue weighted by Crippen LogP contribution is 2.38. The first-order valence-corrected chi connectivity index (χ1v) is 10.1. The number of piperidine rings is 1. The van der Waals surface area contributed by atoms with Crippen molar-refractivity contribution >= 4 is 17.0 Å². The maximum atomic E-state index is 10.5. The molecule has 2 aliphatic rings. The topological polar surface area (TPSA) is 149 Å². The third-order valence-corrected chi connectivity index (χ3v) is 6.13. The molecule has 0 saturated carbocycles. The molecule has 11 heteroatoms. The van der Waals surface area contributed by atoms with Gasteiger partial charge in [0.2, 0.25) is 0 Å². The van der Waals surface area contributed by atoms with Crippen LogP contribution in [0.1, 0.15) is 46.8 Å². The number of aliphatic hydroxyl groups is 3. The summed E-state index contributed by atoms with van der Waals surface area (Å²) in [5.74, 6) is 0.550. The zero-order valence-corrected chi connectivity index (χ0v) is 17.6. The van der Waals surface area contributed by atoms with Crippen molar-refractivity contribution in [2.45, 2.75) is 82.2 Å². The van der Waals surface area contributed by atoms with Crippen molar-refractivity contribution in [3.05, 3.63) is 12.7 Å². The Morgan fingerprint density at radius 3 is 2.37 bits per heavy atom. The molecule has 4 atom stereocenters. The summed E-state index contributed by atoms with van der Waals surface area (Å²) in [5.41, 5.74) is 0.127. The van der Waals surface area contributed by atoms with Gasteiger partial charge in [-0.15, -0.1) is 0 Å². The van der Waals surface area contributed by atoms with Gasteiger partial charge in [0, 0.05) is 17.1 Å². The van der Waals surface area contributed by atoms with E-state index in [2.05, 4.69) is 20.3 Å². The van der Waals surface area contributed by atoms with Crippen LogP contribution in [-0.4, -0.2) is 87.1 Å². The minimum Gasteiger partial charge on any atom is -0.394 e. The summed E-state index contributed by atoms with van der Waals surface area (Å²) in [5, 5.41) is 45.1. The maximum Gasteiger partial charge on any atom is 0.167 e. The number of rotatable bonds is 4. The first-order chi connectivity index (χ1) is 14.0. The van der Waals surface area contributed by atoms with Crippen molar-refractivity contribution in [2.24, 2.45) is 0 Å². The average Bonchev–Trinajstić information content (AvgIpc) is 3.22. The number of hydrogen-bond acceptors (Lipinski definition) is 10. The van der Waals surface area contributed by atoms with E-state index in [-0.39, 0.29) is 6.04 Å². The smallest absolute Gasteiger partial charge is 0.167 e. The van der Waals surface area contributed by atoms with Crippen LogP contribution in [0.25, 0.3) is 11.2 Å². The molecule has 2 aliphatic heterocycles. The summed E-state index contributed by atoms with van der Waals surface area (Å²) in [6.07, 6.45) is 0.0697. The number of hydroxylamine groups is 2. The third kappa shape index (κ3) is 3.45. The molecular formula is C19H30N6O5. The fourth-order valence-electron chi connectivity index (χ4n) is 4.82.